The maximum atomic E-state index is 13.6. The molecule has 2 rings (SSSR count). The second kappa shape index (κ2) is 6.08. The standard InChI is InChI=1S/C13H14F2N2O2S2/c1-8-7-20-11(6-16-2)13(8)21(18,19)17-12-9(14)4-3-5-10(12)15/h3-5,7,16-17H,6H2,1-2H3. The number of thiophene rings is 1. The Morgan fingerprint density at radius 2 is 1.86 bits per heavy atom. The summed E-state index contributed by atoms with van der Waals surface area (Å²) in [7, 11) is -2.37. The third kappa shape index (κ3) is 3.22. The van der Waals surface area contributed by atoms with E-state index >= 15 is 0 Å². The van der Waals surface area contributed by atoms with Gasteiger partial charge in [-0.15, -0.1) is 11.3 Å². The summed E-state index contributed by atoms with van der Waals surface area (Å²) in [5.41, 5.74) is -0.131. The van der Waals surface area contributed by atoms with Crippen LogP contribution in [0.2, 0.25) is 0 Å². The van der Waals surface area contributed by atoms with Crippen molar-refractivity contribution in [3.63, 3.8) is 0 Å². The van der Waals surface area contributed by atoms with Gasteiger partial charge in [-0.2, -0.15) is 0 Å². The van der Waals surface area contributed by atoms with Crippen molar-refractivity contribution in [2.45, 2.75) is 18.4 Å². The van der Waals surface area contributed by atoms with Crippen LogP contribution in [0, 0.1) is 18.6 Å². The van der Waals surface area contributed by atoms with Gasteiger partial charge >= 0.3 is 0 Å². The highest BCUT2D eigenvalue weighted by atomic mass is 32.2. The third-order valence-electron chi connectivity index (χ3n) is 2.79. The van der Waals surface area contributed by atoms with E-state index in [-0.39, 0.29) is 4.90 Å². The number of anilines is 1. The number of hydrogen-bond acceptors (Lipinski definition) is 4. The number of sulfonamides is 1. The first-order chi connectivity index (χ1) is 9.86. The van der Waals surface area contributed by atoms with Crippen molar-refractivity contribution >= 4 is 27.0 Å². The minimum Gasteiger partial charge on any atom is -0.315 e. The lowest BCUT2D eigenvalue weighted by Crippen LogP contribution is -2.18. The minimum atomic E-state index is -4.06. The van der Waals surface area contributed by atoms with Crippen molar-refractivity contribution in [1.29, 1.82) is 0 Å². The zero-order chi connectivity index (χ0) is 15.6. The highest BCUT2D eigenvalue weighted by molar-refractivity contribution is 7.93. The smallest absolute Gasteiger partial charge is 0.263 e. The molecule has 1 aromatic carbocycles. The van der Waals surface area contributed by atoms with Crippen LogP contribution < -0.4 is 10.0 Å². The molecule has 0 spiro atoms. The zero-order valence-corrected chi connectivity index (χ0v) is 13.0. The summed E-state index contributed by atoms with van der Waals surface area (Å²) in [4.78, 5) is 0.642. The van der Waals surface area contributed by atoms with Crippen LogP contribution in [-0.2, 0) is 16.6 Å². The molecule has 0 bridgehead atoms. The van der Waals surface area contributed by atoms with E-state index in [2.05, 4.69) is 5.32 Å². The monoisotopic (exact) mass is 332 g/mol. The minimum absolute atomic E-state index is 0.0597. The molecule has 1 heterocycles. The Morgan fingerprint density at radius 1 is 1.24 bits per heavy atom. The first-order valence-electron chi connectivity index (χ1n) is 6.05. The molecule has 8 heteroatoms. The first-order valence-corrected chi connectivity index (χ1v) is 8.41. The van der Waals surface area contributed by atoms with E-state index in [9.17, 15) is 17.2 Å². The van der Waals surface area contributed by atoms with Crippen molar-refractivity contribution in [2.75, 3.05) is 11.8 Å². The van der Waals surface area contributed by atoms with Gasteiger partial charge in [0.05, 0.1) is 0 Å². The molecule has 4 nitrogen and oxygen atoms in total. The van der Waals surface area contributed by atoms with E-state index in [1.165, 1.54) is 17.4 Å². The molecule has 1 aromatic heterocycles. The maximum absolute atomic E-state index is 13.6. The SMILES string of the molecule is CNCc1scc(C)c1S(=O)(=O)Nc1c(F)cccc1F. The topological polar surface area (TPSA) is 58.2 Å². The predicted octanol–water partition coefficient (Wildman–Crippen LogP) is 2.85. The van der Waals surface area contributed by atoms with Crippen LogP contribution in [0.1, 0.15) is 10.4 Å². The lowest BCUT2D eigenvalue weighted by molar-refractivity contribution is 0.582. The van der Waals surface area contributed by atoms with Crippen LogP contribution >= 0.6 is 11.3 Å². The van der Waals surface area contributed by atoms with Crippen molar-refractivity contribution in [3.05, 3.63) is 45.7 Å². The molecule has 0 unspecified atom stereocenters. The van der Waals surface area contributed by atoms with Gasteiger partial charge in [0.15, 0.2) is 0 Å². The second-order valence-electron chi connectivity index (χ2n) is 4.40. The van der Waals surface area contributed by atoms with Gasteiger partial charge < -0.3 is 5.32 Å². The fourth-order valence-corrected chi connectivity index (χ4v) is 4.81. The van der Waals surface area contributed by atoms with Crippen molar-refractivity contribution in [2.24, 2.45) is 0 Å². The van der Waals surface area contributed by atoms with Gasteiger partial charge in [0.25, 0.3) is 10.0 Å². The Kier molecular flexibility index (Phi) is 4.60. The summed E-state index contributed by atoms with van der Waals surface area (Å²) in [5.74, 6) is -1.91. The predicted molar refractivity (Wildman–Crippen MR) is 79.0 cm³/mol. The average Bonchev–Trinajstić information content (AvgIpc) is 2.77. The van der Waals surface area contributed by atoms with Crippen LogP contribution in [0.15, 0.2) is 28.5 Å². The molecule has 0 amide bonds. The highest BCUT2D eigenvalue weighted by Crippen LogP contribution is 2.30. The van der Waals surface area contributed by atoms with Gasteiger partial charge in [-0.3, -0.25) is 4.72 Å². The largest absolute Gasteiger partial charge is 0.315 e. The van der Waals surface area contributed by atoms with E-state index in [0.717, 1.165) is 12.1 Å². The van der Waals surface area contributed by atoms with Gasteiger partial charge in [0, 0.05) is 11.4 Å². The van der Waals surface area contributed by atoms with Gasteiger partial charge in [0.2, 0.25) is 0 Å². The number of halogens is 2. The number of hydrogen-bond donors (Lipinski definition) is 2. The lowest BCUT2D eigenvalue weighted by Gasteiger charge is -2.11. The van der Waals surface area contributed by atoms with Gasteiger partial charge in [-0.1, -0.05) is 6.07 Å². The Morgan fingerprint density at radius 3 is 2.43 bits per heavy atom. The lowest BCUT2D eigenvalue weighted by atomic mass is 10.3. The van der Waals surface area contributed by atoms with E-state index < -0.39 is 27.3 Å². The molecule has 0 saturated carbocycles. The fraction of sp³-hybridized carbons (Fsp3) is 0.231. The Hall–Kier alpha value is -1.51. The first kappa shape index (κ1) is 15.9. The summed E-state index contributed by atoms with van der Waals surface area (Å²) >= 11 is 1.28. The normalized spacial score (nSPS) is 11.6. The molecule has 2 aromatic rings. The molecule has 0 aliphatic rings. The van der Waals surface area contributed by atoms with Crippen LogP contribution in [0.25, 0.3) is 0 Å². The molecule has 0 aliphatic heterocycles. The summed E-state index contributed by atoms with van der Waals surface area (Å²) in [6.07, 6.45) is 0. The van der Waals surface area contributed by atoms with Gasteiger partial charge in [-0.05, 0) is 37.0 Å². The van der Waals surface area contributed by atoms with Gasteiger partial charge in [-0.25, -0.2) is 17.2 Å². The van der Waals surface area contributed by atoms with E-state index in [1.807, 2.05) is 4.72 Å². The molecule has 0 radical (unpaired) electrons. The summed E-state index contributed by atoms with van der Waals surface area (Å²) in [6, 6.07) is 3.16. The van der Waals surface area contributed by atoms with E-state index in [1.54, 1.807) is 19.4 Å². The summed E-state index contributed by atoms with van der Waals surface area (Å²) in [5, 5.41) is 4.56. The molecule has 0 fully saturated rings. The summed E-state index contributed by atoms with van der Waals surface area (Å²) in [6.45, 7) is 2.00. The highest BCUT2D eigenvalue weighted by Gasteiger charge is 2.25. The molecule has 21 heavy (non-hydrogen) atoms. The van der Waals surface area contributed by atoms with Crippen molar-refractivity contribution < 1.29 is 17.2 Å². The Labute approximate surface area is 125 Å². The second-order valence-corrected chi connectivity index (χ2v) is 6.99. The van der Waals surface area contributed by atoms with Crippen LogP contribution in [0.4, 0.5) is 14.5 Å². The average molecular weight is 332 g/mol. The number of benzene rings is 1. The third-order valence-corrected chi connectivity index (χ3v) is 5.61. The maximum Gasteiger partial charge on any atom is 0.263 e. The molecule has 114 valence electrons. The number of para-hydroxylation sites is 1. The quantitative estimate of drug-likeness (QED) is 0.885. The summed E-state index contributed by atoms with van der Waals surface area (Å²) < 4.78 is 54.0. The molecular formula is C13H14F2N2O2S2. The molecule has 2 N–H and O–H groups in total. The molecular weight excluding hydrogens is 318 g/mol. The molecule has 0 atom stereocenters. The number of nitrogens with one attached hydrogen (secondary N) is 2. The Balaban J connectivity index is 2.46. The van der Waals surface area contributed by atoms with Crippen molar-refractivity contribution in [1.82, 2.24) is 5.32 Å². The van der Waals surface area contributed by atoms with Crippen molar-refractivity contribution in [3.8, 4) is 0 Å². The fourth-order valence-electron chi connectivity index (χ4n) is 1.91. The van der Waals surface area contributed by atoms with Gasteiger partial charge in [0.1, 0.15) is 22.2 Å². The van der Waals surface area contributed by atoms with Crippen LogP contribution in [0.5, 0.6) is 0 Å². The molecule has 0 saturated heterocycles. The number of rotatable bonds is 5. The van der Waals surface area contributed by atoms with Crippen LogP contribution in [-0.4, -0.2) is 15.5 Å². The van der Waals surface area contributed by atoms with E-state index in [4.69, 9.17) is 0 Å². The number of aryl methyl sites for hydroxylation is 1. The van der Waals surface area contributed by atoms with E-state index in [0.29, 0.717) is 17.0 Å². The zero-order valence-electron chi connectivity index (χ0n) is 11.4. The Bertz CT molecular complexity index is 737. The van der Waals surface area contributed by atoms with Crippen LogP contribution in [0.3, 0.4) is 0 Å². The molecule has 0 aliphatic carbocycles.